The number of aromatic amines is 1. The number of benzene rings is 1. The normalized spacial score (nSPS) is 10.7. The standard InChI is InChI=1S/C14H14ClFN2S/c1-2-4-9-7-14(19)18-13(17-9)8-10-11(15)5-3-6-12(10)16/h3,5-7H,2,4,8H2,1H3,(H,17,18,19). The number of halogens is 2. The highest BCUT2D eigenvalue weighted by Gasteiger charge is 2.09. The van der Waals surface area contributed by atoms with Crippen LogP contribution in [0.3, 0.4) is 0 Å². The van der Waals surface area contributed by atoms with Gasteiger partial charge in [-0.2, -0.15) is 0 Å². The molecule has 0 saturated heterocycles. The molecule has 1 heterocycles. The fourth-order valence-corrected chi connectivity index (χ4v) is 2.40. The monoisotopic (exact) mass is 296 g/mol. The first kappa shape index (κ1) is 14.2. The summed E-state index contributed by atoms with van der Waals surface area (Å²) in [6.07, 6.45) is 2.21. The van der Waals surface area contributed by atoms with Crippen LogP contribution in [0.4, 0.5) is 4.39 Å². The summed E-state index contributed by atoms with van der Waals surface area (Å²) in [7, 11) is 0. The molecule has 1 N–H and O–H groups in total. The molecule has 19 heavy (non-hydrogen) atoms. The molecule has 2 nitrogen and oxygen atoms in total. The molecule has 0 saturated carbocycles. The fraction of sp³-hybridized carbons (Fsp3) is 0.286. The lowest BCUT2D eigenvalue weighted by Gasteiger charge is -2.07. The number of aromatic nitrogens is 2. The van der Waals surface area contributed by atoms with Gasteiger partial charge in [-0.3, -0.25) is 0 Å². The van der Waals surface area contributed by atoms with Crippen LogP contribution in [0.1, 0.15) is 30.4 Å². The Labute approximate surface area is 121 Å². The molecule has 0 unspecified atom stereocenters. The minimum atomic E-state index is -0.325. The van der Waals surface area contributed by atoms with Crippen LogP contribution in [-0.2, 0) is 12.8 Å². The first-order chi connectivity index (χ1) is 9.10. The van der Waals surface area contributed by atoms with Gasteiger partial charge in [-0.15, -0.1) is 0 Å². The minimum Gasteiger partial charge on any atom is -0.347 e. The molecule has 5 heteroatoms. The highest BCUT2D eigenvalue weighted by molar-refractivity contribution is 7.71. The zero-order valence-corrected chi connectivity index (χ0v) is 12.1. The van der Waals surface area contributed by atoms with Crippen molar-refractivity contribution >= 4 is 23.8 Å². The van der Waals surface area contributed by atoms with E-state index in [9.17, 15) is 4.39 Å². The summed E-state index contributed by atoms with van der Waals surface area (Å²) in [4.78, 5) is 7.41. The van der Waals surface area contributed by atoms with E-state index >= 15 is 0 Å². The zero-order chi connectivity index (χ0) is 13.8. The molecule has 1 aromatic carbocycles. The van der Waals surface area contributed by atoms with Crippen LogP contribution >= 0.6 is 23.8 Å². The second kappa shape index (κ2) is 6.26. The molecule has 0 fully saturated rings. The average Bonchev–Trinajstić information content (AvgIpc) is 2.34. The number of nitrogens with one attached hydrogen (secondary N) is 1. The lowest BCUT2D eigenvalue weighted by Crippen LogP contribution is -2.03. The smallest absolute Gasteiger partial charge is 0.130 e. The third-order valence-electron chi connectivity index (χ3n) is 2.77. The topological polar surface area (TPSA) is 28.7 Å². The largest absolute Gasteiger partial charge is 0.347 e. The van der Waals surface area contributed by atoms with Gasteiger partial charge in [-0.25, -0.2) is 9.37 Å². The number of rotatable bonds is 4. The van der Waals surface area contributed by atoms with Gasteiger partial charge in [0.15, 0.2) is 0 Å². The van der Waals surface area contributed by atoms with Crippen molar-refractivity contribution in [3.63, 3.8) is 0 Å². The van der Waals surface area contributed by atoms with E-state index in [2.05, 4.69) is 16.9 Å². The van der Waals surface area contributed by atoms with Crippen molar-refractivity contribution in [2.75, 3.05) is 0 Å². The fourth-order valence-electron chi connectivity index (χ4n) is 1.92. The van der Waals surface area contributed by atoms with E-state index in [1.807, 2.05) is 6.07 Å². The van der Waals surface area contributed by atoms with Gasteiger partial charge in [0.05, 0.1) is 0 Å². The van der Waals surface area contributed by atoms with E-state index in [0.29, 0.717) is 27.5 Å². The maximum absolute atomic E-state index is 13.7. The Morgan fingerprint density at radius 3 is 2.89 bits per heavy atom. The number of hydrogen-bond donors (Lipinski definition) is 1. The Bertz CT molecular complexity index is 619. The van der Waals surface area contributed by atoms with Crippen molar-refractivity contribution < 1.29 is 4.39 Å². The highest BCUT2D eigenvalue weighted by atomic mass is 35.5. The maximum atomic E-state index is 13.7. The van der Waals surface area contributed by atoms with Crippen molar-refractivity contribution in [1.82, 2.24) is 9.97 Å². The van der Waals surface area contributed by atoms with E-state index in [1.54, 1.807) is 12.1 Å². The van der Waals surface area contributed by atoms with E-state index in [4.69, 9.17) is 23.8 Å². The second-order valence-corrected chi connectivity index (χ2v) is 5.14. The molecule has 0 amide bonds. The molecular formula is C14H14ClFN2S. The van der Waals surface area contributed by atoms with Crippen molar-refractivity contribution in [1.29, 1.82) is 0 Å². The average molecular weight is 297 g/mol. The summed E-state index contributed by atoms with van der Waals surface area (Å²) >= 11 is 11.1. The summed E-state index contributed by atoms with van der Waals surface area (Å²) in [5, 5.41) is 0.405. The number of nitrogens with zero attached hydrogens (tertiary/aromatic N) is 1. The number of hydrogen-bond acceptors (Lipinski definition) is 2. The van der Waals surface area contributed by atoms with Crippen LogP contribution in [0, 0.1) is 10.5 Å². The predicted octanol–water partition coefficient (Wildman–Crippen LogP) is 4.47. The van der Waals surface area contributed by atoms with Crippen molar-refractivity contribution in [2.45, 2.75) is 26.2 Å². The Kier molecular flexibility index (Phi) is 4.66. The summed E-state index contributed by atoms with van der Waals surface area (Å²) in [6, 6.07) is 6.49. The number of aryl methyl sites for hydroxylation is 1. The summed E-state index contributed by atoms with van der Waals surface area (Å²) in [6.45, 7) is 2.09. The molecule has 0 aliphatic carbocycles. The molecule has 0 radical (unpaired) electrons. The Morgan fingerprint density at radius 1 is 1.42 bits per heavy atom. The predicted molar refractivity (Wildman–Crippen MR) is 77.6 cm³/mol. The van der Waals surface area contributed by atoms with Crippen LogP contribution in [0.5, 0.6) is 0 Å². The van der Waals surface area contributed by atoms with Crippen LogP contribution in [0.2, 0.25) is 5.02 Å². The van der Waals surface area contributed by atoms with Gasteiger partial charge in [0.1, 0.15) is 16.3 Å². The molecule has 0 bridgehead atoms. The van der Waals surface area contributed by atoms with Gasteiger partial charge in [-0.05, 0) is 24.6 Å². The third kappa shape index (κ3) is 3.61. The van der Waals surface area contributed by atoms with E-state index in [1.165, 1.54) is 6.07 Å². The van der Waals surface area contributed by atoms with Crippen molar-refractivity contribution in [2.24, 2.45) is 0 Å². The Hall–Kier alpha value is -1.26. The molecule has 2 rings (SSSR count). The van der Waals surface area contributed by atoms with E-state index in [-0.39, 0.29) is 5.82 Å². The summed E-state index contributed by atoms with van der Waals surface area (Å²) < 4.78 is 14.3. The maximum Gasteiger partial charge on any atom is 0.130 e. The molecule has 1 aromatic heterocycles. The second-order valence-electron chi connectivity index (χ2n) is 4.32. The van der Waals surface area contributed by atoms with Gasteiger partial charge >= 0.3 is 0 Å². The lowest BCUT2D eigenvalue weighted by molar-refractivity contribution is 0.612. The molecule has 2 aromatic rings. The van der Waals surface area contributed by atoms with Crippen LogP contribution in [-0.4, -0.2) is 9.97 Å². The molecule has 100 valence electrons. The zero-order valence-electron chi connectivity index (χ0n) is 10.5. The quantitative estimate of drug-likeness (QED) is 0.843. The molecule has 0 spiro atoms. The first-order valence-corrected chi connectivity index (χ1v) is 6.90. The van der Waals surface area contributed by atoms with Crippen molar-refractivity contribution in [3.8, 4) is 0 Å². The molecule has 0 atom stereocenters. The van der Waals surface area contributed by atoms with Gasteiger partial charge in [0.25, 0.3) is 0 Å². The number of H-pyrrole nitrogens is 1. The highest BCUT2D eigenvalue weighted by Crippen LogP contribution is 2.21. The molecule has 0 aliphatic rings. The Balaban J connectivity index is 2.35. The van der Waals surface area contributed by atoms with E-state index < -0.39 is 0 Å². The van der Waals surface area contributed by atoms with Crippen LogP contribution in [0.25, 0.3) is 0 Å². The van der Waals surface area contributed by atoms with Gasteiger partial charge < -0.3 is 4.98 Å². The Morgan fingerprint density at radius 2 is 2.21 bits per heavy atom. The molecule has 0 aliphatic heterocycles. The summed E-state index contributed by atoms with van der Waals surface area (Å²) in [5.74, 6) is 0.317. The van der Waals surface area contributed by atoms with Crippen LogP contribution in [0.15, 0.2) is 24.3 Å². The minimum absolute atomic E-state index is 0.312. The van der Waals surface area contributed by atoms with E-state index in [0.717, 1.165) is 18.5 Å². The first-order valence-electron chi connectivity index (χ1n) is 6.12. The van der Waals surface area contributed by atoms with Crippen LogP contribution < -0.4 is 0 Å². The van der Waals surface area contributed by atoms with Gasteiger partial charge in [0.2, 0.25) is 0 Å². The van der Waals surface area contributed by atoms with Gasteiger partial charge in [-0.1, -0.05) is 43.2 Å². The lowest BCUT2D eigenvalue weighted by atomic mass is 10.1. The summed E-state index contributed by atoms with van der Waals surface area (Å²) in [5.41, 5.74) is 1.46. The van der Waals surface area contributed by atoms with Gasteiger partial charge in [0, 0.05) is 22.7 Å². The van der Waals surface area contributed by atoms with Crippen molar-refractivity contribution in [3.05, 3.63) is 56.8 Å². The SMILES string of the molecule is CCCc1cc(=S)nc(Cc2c(F)cccc2Cl)[nH]1. The molecular weight excluding hydrogens is 283 g/mol. The third-order valence-corrected chi connectivity index (χ3v) is 3.34.